The fraction of sp³-hybridized carbons (Fsp3) is 0.211. The number of benzene rings is 2. The average Bonchev–Trinajstić information content (AvgIpc) is 3.20. The van der Waals surface area contributed by atoms with Gasteiger partial charge >= 0.3 is 5.97 Å². The Morgan fingerprint density at radius 2 is 1.97 bits per heavy atom. The van der Waals surface area contributed by atoms with Crippen LogP contribution in [0.3, 0.4) is 0 Å². The molecule has 0 aliphatic heterocycles. The van der Waals surface area contributed by atoms with Gasteiger partial charge in [-0.15, -0.1) is 5.10 Å². The number of aryl methyl sites for hydroxylation is 1. The zero-order valence-corrected chi connectivity index (χ0v) is 17.5. The van der Waals surface area contributed by atoms with Crippen LogP contribution in [0.5, 0.6) is 0 Å². The van der Waals surface area contributed by atoms with Crippen LogP contribution in [0.2, 0.25) is 0 Å². The summed E-state index contributed by atoms with van der Waals surface area (Å²) in [6, 6.07) is 13.9. The van der Waals surface area contributed by atoms with Gasteiger partial charge < -0.3 is 4.74 Å². The Morgan fingerprint density at radius 1 is 1.21 bits per heavy atom. The summed E-state index contributed by atoms with van der Waals surface area (Å²) in [7, 11) is -2.50. The van der Waals surface area contributed by atoms with E-state index >= 15 is 0 Å². The lowest BCUT2D eigenvalue weighted by atomic mass is 10.1. The number of methoxy groups -OCH3 is 1. The van der Waals surface area contributed by atoms with Crippen LogP contribution in [0, 0.1) is 6.92 Å². The van der Waals surface area contributed by atoms with Crippen molar-refractivity contribution in [2.24, 2.45) is 0 Å². The molecular formula is C19H20N4O4S2. The van der Waals surface area contributed by atoms with Crippen molar-refractivity contribution in [2.75, 3.05) is 19.4 Å². The highest BCUT2D eigenvalue weighted by Crippen LogP contribution is 2.19. The van der Waals surface area contributed by atoms with E-state index in [9.17, 15) is 13.2 Å². The van der Waals surface area contributed by atoms with Crippen LogP contribution in [0.25, 0.3) is 11.4 Å². The maximum atomic E-state index is 12.5. The van der Waals surface area contributed by atoms with Crippen LogP contribution < -0.4 is 4.72 Å². The summed E-state index contributed by atoms with van der Waals surface area (Å²) < 4.78 is 32.2. The average molecular weight is 433 g/mol. The summed E-state index contributed by atoms with van der Waals surface area (Å²) in [5.41, 5.74) is 1.79. The molecule has 0 aliphatic carbocycles. The Hall–Kier alpha value is -2.69. The Bertz CT molecular complexity index is 1100. The summed E-state index contributed by atoms with van der Waals surface area (Å²) in [6.07, 6.45) is 0. The lowest BCUT2D eigenvalue weighted by Crippen LogP contribution is -2.26. The third kappa shape index (κ3) is 5.22. The number of nitrogens with zero attached hydrogens (tertiary/aromatic N) is 2. The molecule has 1 heterocycles. The van der Waals surface area contributed by atoms with Crippen molar-refractivity contribution in [2.45, 2.75) is 17.0 Å². The number of H-pyrrole nitrogens is 1. The normalized spacial score (nSPS) is 11.4. The number of esters is 1. The van der Waals surface area contributed by atoms with Crippen molar-refractivity contribution >= 4 is 27.8 Å². The highest BCUT2D eigenvalue weighted by atomic mass is 32.2. The Labute approximate surface area is 173 Å². The molecule has 0 saturated carbocycles. The van der Waals surface area contributed by atoms with E-state index < -0.39 is 16.0 Å². The molecule has 2 aromatic carbocycles. The van der Waals surface area contributed by atoms with Gasteiger partial charge in [0.1, 0.15) is 0 Å². The SMILES string of the molecule is COC(=O)c1cc(S(=O)(=O)NCCSc2n[nH]c(-c3ccccc3)n2)ccc1C. The lowest BCUT2D eigenvalue weighted by molar-refractivity contribution is 0.0599. The molecule has 3 aromatic rings. The number of nitrogens with one attached hydrogen (secondary N) is 2. The maximum absolute atomic E-state index is 12.5. The van der Waals surface area contributed by atoms with Crippen molar-refractivity contribution in [3.63, 3.8) is 0 Å². The number of aromatic amines is 1. The van der Waals surface area contributed by atoms with Gasteiger partial charge in [0.05, 0.1) is 17.6 Å². The van der Waals surface area contributed by atoms with Crippen molar-refractivity contribution in [1.82, 2.24) is 19.9 Å². The second kappa shape index (κ2) is 9.21. The summed E-state index contributed by atoms with van der Waals surface area (Å²) in [5, 5.41) is 7.54. The molecular weight excluding hydrogens is 412 g/mol. The van der Waals surface area contributed by atoms with Gasteiger partial charge in [-0.05, 0) is 24.6 Å². The van der Waals surface area contributed by atoms with Crippen LogP contribution in [0.4, 0.5) is 0 Å². The topological polar surface area (TPSA) is 114 Å². The van der Waals surface area contributed by atoms with Gasteiger partial charge in [0.2, 0.25) is 15.2 Å². The zero-order chi connectivity index (χ0) is 20.9. The number of sulfonamides is 1. The Kier molecular flexibility index (Phi) is 6.68. The lowest BCUT2D eigenvalue weighted by Gasteiger charge is -2.09. The molecule has 0 bridgehead atoms. The Morgan fingerprint density at radius 3 is 2.69 bits per heavy atom. The Balaban J connectivity index is 1.58. The molecule has 0 atom stereocenters. The number of hydrogen-bond acceptors (Lipinski definition) is 7. The second-order valence-electron chi connectivity index (χ2n) is 6.05. The predicted molar refractivity (Wildman–Crippen MR) is 110 cm³/mol. The van der Waals surface area contributed by atoms with Crippen LogP contribution in [0.15, 0.2) is 58.6 Å². The summed E-state index contributed by atoms with van der Waals surface area (Å²) in [4.78, 5) is 16.2. The van der Waals surface area contributed by atoms with Gasteiger partial charge in [-0.3, -0.25) is 5.10 Å². The molecule has 29 heavy (non-hydrogen) atoms. The molecule has 0 aliphatic rings. The van der Waals surface area contributed by atoms with Crippen LogP contribution in [-0.4, -0.2) is 49.0 Å². The van der Waals surface area contributed by atoms with Gasteiger partial charge in [0.25, 0.3) is 0 Å². The highest BCUT2D eigenvalue weighted by Gasteiger charge is 2.18. The number of aromatic nitrogens is 3. The smallest absolute Gasteiger partial charge is 0.338 e. The van der Waals surface area contributed by atoms with Crippen LogP contribution >= 0.6 is 11.8 Å². The highest BCUT2D eigenvalue weighted by molar-refractivity contribution is 7.99. The summed E-state index contributed by atoms with van der Waals surface area (Å²) in [6.45, 7) is 1.90. The molecule has 0 unspecified atom stereocenters. The van der Waals surface area contributed by atoms with Crippen molar-refractivity contribution in [3.8, 4) is 11.4 Å². The first-order chi connectivity index (χ1) is 13.9. The third-order valence-electron chi connectivity index (χ3n) is 4.06. The molecule has 0 radical (unpaired) electrons. The predicted octanol–water partition coefficient (Wildman–Crippen LogP) is 2.64. The van der Waals surface area contributed by atoms with Crippen molar-refractivity contribution in [3.05, 3.63) is 59.7 Å². The molecule has 0 spiro atoms. The third-order valence-corrected chi connectivity index (χ3v) is 6.37. The fourth-order valence-electron chi connectivity index (χ4n) is 2.54. The van der Waals surface area contributed by atoms with Crippen LogP contribution in [0.1, 0.15) is 15.9 Å². The zero-order valence-electron chi connectivity index (χ0n) is 15.9. The van der Waals surface area contributed by atoms with E-state index in [1.165, 1.54) is 31.0 Å². The molecule has 10 heteroatoms. The van der Waals surface area contributed by atoms with Gasteiger partial charge in [-0.25, -0.2) is 22.9 Å². The van der Waals surface area contributed by atoms with Gasteiger partial charge in [0, 0.05) is 17.9 Å². The standard InChI is InChI=1S/C19H20N4O4S2/c1-13-8-9-15(12-16(13)18(24)27-2)29(25,26)20-10-11-28-19-21-17(22-23-19)14-6-4-3-5-7-14/h3-9,12,20H,10-11H2,1-2H3,(H,21,22,23). The molecule has 152 valence electrons. The number of rotatable bonds is 8. The first kappa shape index (κ1) is 21.0. The number of ether oxygens (including phenoxy) is 1. The monoisotopic (exact) mass is 432 g/mol. The first-order valence-corrected chi connectivity index (χ1v) is 11.2. The van der Waals surface area contributed by atoms with E-state index in [1.54, 1.807) is 13.0 Å². The van der Waals surface area contributed by atoms with E-state index in [-0.39, 0.29) is 17.0 Å². The van der Waals surface area contributed by atoms with E-state index in [0.29, 0.717) is 22.3 Å². The molecule has 2 N–H and O–H groups in total. The minimum absolute atomic E-state index is 0.0118. The number of hydrogen-bond donors (Lipinski definition) is 2. The van der Waals surface area contributed by atoms with Gasteiger partial charge in [0.15, 0.2) is 5.82 Å². The largest absolute Gasteiger partial charge is 0.465 e. The molecule has 1 aromatic heterocycles. The minimum atomic E-state index is -3.75. The maximum Gasteiger partial charge on any atom is 0.338 e. The minimum Gasteiger partial charge on any atom is -0.465 e. The summed E-state index contributed by atoms with van der Waals surface area (Å²) in [5.74, 6) is 0.527. The van der Waals surface area contributed by atoms with E-state index in [1.807, 2.05) is 30.3 Å². The molecule has 0 saturated heterocycles. The second-order valence-corrected chi connectivity index (χ2v) is 8.88. The number of thioether (sulfide) groups is 1. The molecule has 8 nitrogen and oxygen atoms in total. The van der Waals surface area contributed by atoms with E-state index in [2.05, 4.69) is 19.9 Å². The quantitative estimate of drug-likeness (QED) is 0.319. The van der Waals surface area contributed by atoms with Gasteiger partial charge in [-0.2, -0.15) is 0 Å². The molecule has 0 fully saturated rings. The fourth-order valence-corrected chi connectivity index (χ4v) is 4.38. The molecule has 3 rings (SSSR count). The number of carbonyl (C=O) groups excluding carboxylic acids is 1. The van der Waals surface area contributed by atoms with Crippen LogP contribution in [-0.2, 0) is 14.8 Å². The number of carbonyl (C=O) groups is 1. The van der Waals surface area contributed by atoms with Gasteiger partial charge in [-0.1, -0.05) is 48.2 Å². The van der Waals surface area contributed by atoms with E-state index in [0.717, 1.165) is 5.56 Å². The van der Waals surface area contributed by atoms with Crippen molar-refractivity contribution in [1.29, 1.82) is 0 Å². The first-order valence-electron chi connectivity index (χ1n) is 8.70. The molecule has 0 amide bonds. The van der Waals surface area contributed by atoms with E-state index in [4.69, 9.17) is 4.74 Å². The summed E-state index contributed by atoms with van der Waals surface area (Å²) >= 11 is 1.33. The van der Waals surface area contributed by atoms with Crippen molar-refractivity contribution < 1.29 is 17.9 Å².